The molecule has 0 unspecified atom stereocenters. The first kappa shape index (κ1) is 27.5. The molecule has 210 valence electrons. The molecule has 11 heteroatoms. The van der Waals surface area contributed by atoms with Gasteiger partial charge < -0.3 is 29.4 Å². The quantitative estimate of drug-likeness (QED) is 0.275. The van der Waals surface area contributed by atoms with Gasteiger partial charge in [-0.05, 0) is 31.0 Å². The fourth-order valence-electron chi connectivity index (χ4n) is 4.96. The number of aromatic nitrogens is 4. The maximum absolute atomic E-state index is 12.9. The number of esters is 1. The van der Waals surface area contributed by atoms with E-state index in [1.165, 1.54) is 0 Å². The molecule has 0 bridgehead atoms. The summed E-state index contributed by atoms with van der Waals surface area (Å²) in [4.78, 5) is 26.0. The van der Waals surface area contributed by atoms with Gasteiger partial charge in [-0.2, -0.15) is 9.97 Å². The lowest BCUT2D eigenvalue weighted by Crippen LogP contribution is -2.49. The van der Waals surface area contributed by atoms with E-state index in [1.807, 2.05) is 50.2 Å². The second-order valence-corrected chi connectivity index (χ2v) is 9.43. The van der Waals surface area contributed by atoms with Crippen LogP contribution in [0.5, 0.6) is 5.88 Å². The van der Waals surface area contributed by atoms with Crippen molar-refractivity contribution in [3.8, 4) is 5.88 Å². The molecule has 1 fully saturated rings. The van der Waals surface area contributed by atoms with Gasteiger partial charge in [-0.15, -0.1) is 0 Å². The number of fused-ring (bicyclic) bond motifs is 1. The van der Waals surface area contributed by atoms with Crippen LogP contribution in [0.15, 0.2) is 67.0 Å². The summed E-state index contributed by atoms with van der Waals surface area (Å²) in [5.74, 6) is -0.127. The number of nitrogens with zero attached hydrogens (tertiary/aromatic N) is 4. The SMILES string of the molecule is CCOc1nc(N)nc2c1ncn2[C@@H]1O[C@](CC)(COC(=O)c2ccccc2)[C@@H](OCc2ccccc2)[C@H]1OC. The predicted octanol–water partition coefficient (Wildman–Crippen LogP) is 3.94. The molecular formula is C29H33N5O6. The number of benzene rings is 2. The van der Waals surface area contributed by atoms with E-state index in [1.54, 1.807) is 42.3 Å². The molecule has 2 N–H and O–H groups in total. The number of nitrogen functional groups attached to an aromatic ring is 1. The molecule has 1 saturated heterocycles. The number of rotatable bonds is 11. The molecular weight excluding hydrogens is 514 g/mol. The van der Waals surface area contributed by atoms with Crippen LogP contribution in [-0.2, 0) is 25.6 Å². The third-order valence-corrected chi connectivity index (χ3v) is 7.02. The minimum atomic E-state index is -1.04. The Kier molecular flexibility index (Phi) is 8.24. The minimum absolute atomic E-state index is 0.0417. The van der Waals surface area contributed by atoms with Crippen LogP contribution in [0, 0.1) is 0 Å². The van der Waals surface area contributed by atoms with Gasteiger partial charge in [0.1, 0.15) is 24.4 Å². The normalized spacial score (nSPS) is 22.4. The molecule has 2 aromatic heterocycles. The fraction of sp³-hybridized carbons (Fsp3) is 0.379. The zero-order chi connectivity index (χ0) is 28.1. The van der Waals surface area contributed by atoms with E-state index in [-0.39, 0.29) is 18.4 Å². The summed E-state index contributed by atoms with van der Waals surface area (Å²) in [7, 11) is 1.59. The summed E-state index contributed by atoms with van der Waals surface area (Å²) < 4.78 is 32.4. The zero-order valence-electron chi connectivity index (χ0n) is 22.7. The van der Waals surface area contributed by atoms with Gasteiger partial charge in [-0.25, -0.2) is 9.78 Å². The lowest BCUT2D eigenvalue weighted by atomic mass is 9.92. The highest BCUT2D eigenvalue weighted by atomic mass is 16.6. The van der Waals surface area contributed by atoms with Crippen molar-refractivity contribution in [1.82, 2.24) is 19.5 Å². The van der Waals surface area contributed by atoms with Crippen LogP contribution in [0.1, 0.15) is 42.4 Å². The van der Waals surface area contributed by atoms with Crippen molar-refractivity contribution in [3.05, 3.63) is 78.1 Å². The number of anilines is 1. The predicted molar refractivity (Wildman–Crippen MR) is 147 cm³/mol. The van der Waals surface area contributed by atoms with E-state index in [0.717, 1.165) is 5.56 Å². The monoisotopic (exact) mass is 547 g/mol. The Labute approximate surface area is 232 Å². The molecule has 0 amide bonds. The van der Waals surface area contributed by atoms with Gasteiger partial charge in [0.25, 0.3) is 0 Å². The van der Waals surface area contributed by atoms with Gasteiger partial charge in [0, 0.05) is 7.11 Å². The molecule has 0 spiro atoms. The summed E-state index contributed by atoms with van der Waals surface area (Å²) in [6.45, 7) is 4.46. The van der Waals surface area contributed by atoms with Crippen molar-refractivity contribution in [2.75, 3.05) is 26.1 Å². The average Bonchev–Trinajstić information content (AvgIpc) is 3.54. The first-order valence-corrected chi connectivity index (χ1v) is 13.2. The second-order valence-electron chi connectivity index (χ2n) is 9.43. The van der Waals surface area contributed by atoms with Gasteiger partial charge >= 0.3 is 5.97 Å². The van der Waals surface area contributed by atoms with Crippen molar-refractivity contribution in [3.63, 3.8) is 0 Å². The number of hydrogen-bond donors (Lipinski definition) is 1. The maximum atomic E-state index is 12.9. The molecule has 1 aliphatic rings. The van der Waals surface area contributed by atoms with Crippen LogP contribution in [0.3, 0.4) is 0 Å². The van der Waals surface area contributed by atoms with E-state index in [4.69, 9.17) is 29.4 Å². The van der Waals surface area contributed by atoms with E-state index in [9.17, 15) is 4.79 Å². The minimum Gasteiger partial charge on any atom is -0.476 e. The molecule has 2 aromatic carbocycles. The number of carbonyl (C=O) groups excluding carboxylic acids is 1. The Balaban J connectivity index is 1.51. The molecule has 5 rings (SSSR count). The van der Waals surface area contributed by atoms with Crippen LogP contribution < -0.4 is 10.5 Å². The molecule has 11 nitrogen and oxygen atoms in total. The van der Waals surface area contributed by atoms with Crippen molar-refractivity contribution in [2.45, 2.75) is 50.9 Å². The highest BCUT2D eigenvalue weighted by Gasteiger charge is 2.57. The highest BCUT2D eigenvalue weighted by Crippen LogP contribution is 2.44. The third kappa shape index (κ3) is 5.35. The van der Waals surface area contributed by atoms with E-state index >= 15 is 0 Å². The largest absolute Gasteiger partial charge is 0.476 e. The van der Waals surface area contributed by atoms with Crippen LogP contribution >= 0.6 is 0 Å². The summed E-state index contributed by atoms with van der Waals surface area (Å²) >= 11 is 0. The molecule has 4 aromatic rings. The van der Waals surface area contributed by atoms with E-state index < -0.39 is 30.0 Å². The summed E-state index contributed by atoms with van der Waals surface area (Å²) in [6.07, 6.45) is 0.115. The van der Waals surface area contributed by atoms with E-state index in [0.29, 0.717) is 36.4 Å². The molecule has 3 heterocycles. The fourth-order valence-corrected chi connectivity index (χ4v) is 4.96. The van der Waals surface area contributed by atoms with Crippen molar-refractivity contribution < 1.29 is 28.5 Å². The Morgan fingerprint density at radius 2 is 1.80 bits per heavy atom. The summed E-state index contributed by atoms with van der Waals surface area (Å²) in [5, 5.41) is 0. The number of carbonyl (C=O) groups is 1. The van der Waals surface area contributed by atoms with Crippen molar-refractivity contribution >= 4 is 23.1 Å². The van der Waals surface area contributed by atoms with Gasteiger partial charge in [0.05, 0.1) is 25.1 Å². The van der Waals surface area contributed by atoms with Gasteiger partial charge in [0.2, 0.25) is 11.8 Å². The van der Waals surface area contributed by atoms with Crippen LogP contribution in [0.2, 0.25) is 0 Å². The van der Waals surface area contributed by atoms with Crippen LogP contribution in [0.4, 0.5) is 5.95 Å². The highest BCUT2D eigenvalue weighted by molar-refractivity contribution is 5.89. The topological polar surface area (TPSA) is 133 Å². The molecule has 0 saturated carbocycles. The standard InChI is InChI=1S/C29H33N5O6/c1-4-29(17-39-27(35)20-14-10-7-11-15-20)23(38-16-19-12-8-6-9-13-19)22(36-3)26(40-29)34-18-31-21-24(34)32-28(30)33-25(21)37-5-2/h6-15,18,22-23,26H,4-5,16-17H2,1-3H3,(H2,30,32,33)/t22-,23+,26-,29-/m1/s1. The number of imidazole rings is 1. The molecule has 4 atom stereocenters. The Morgan fingerprint density at radius 3 is 2.48 bits per heavy atom. The Hall–Kier alpha value is -4.06. The lowest BCUT2D eigenvalue weighted by molar-refractivity contribution is -0.146. The van der Waals surface area contributed by atoms with Gasteiger partial charge in [-0.1, -0.05) is 55.5 Å². The molecule has 0 radical (unpaired) electrons. The van der Waals surface area contributed by atoms with Crippen LogP contribution in [0.25, 0.3) is 11.2 Å². The third-order valence-electron chi connectivity index (χ3n) is 7.02. The molecule has 1 aliphatic heterocycles. The first-order valence-electron chi connectivity index (χ1n) is 13.2. The average molecular weight is 548 g/mol. The lowest BCUT2D eigenvalue weighted by Gasteiger charge is -2.33. The summed E-state index contributed by atoms with van der Waals surface area (Å²) in [6, 6.07) is 18.6. The van der Waals surface area contributed by atoms with E-state index in [2.05, 4.69) is 15.0 Å². The first-order chi connectivity index (χ1) is 19.5. The maximum Gasteiger partial charge on any atom is 0.338 e. The molecule has 0 aliphatic carbocycles. The summed E-state index contributed by atoms with van der Waals surface area (Å²) in [5.41, 5.74) is 7.28. The smallest absolute Gasteiger partial charge is 0.338 e. The zero-order valence-corrected chi connectivity index (χ0v) is 22.7. The van der Waals surface area contributed by atoms with Gasteiger partial charge in [0.15, 0.2) is 17.4 Å². The van der Waals surface area contributed by atoms with Crippen molar-refractivity contribution in [2.24, 2.45) is 0 Å². The van der Waals surface area contributed by atoms with Crippen LogP contribution in [-0.4, -0.2) is 63.6 Å². The number of hydrogen-bond acceptors (Lipinski definition) is 10. The van der Waals surface area contributed by atoms with Gasteiger partial charge in [-0.3, -0.25) is 4.57 Å². The number of methoxy groups -OCH3 is 1. The Morgan fingerprint density at radius 1 is 1.07 bits per heavy atom. The second kappa shape index (κ2) is 12.0. The number of nitrogens with two attached hydrogens (primary N) is 1. The van der Waals surface area contributed by atoms with Crippen molar-refractivity contribution in [1.29, 1.82) is 0 Å². The molecule has 40 heavy (non-hydrogen) atoms. The number of ether oxygens (including phenoxy) is 5. The Bertz CT molecular complexity index is 1430.